The van der Waals surface area contributed by atoms with Gasteiger partial charge in [0.05, 0.1) is 17.8 Å². The SMILES string of the molecule is Cc1cc([C@@H]2[C@@H](c3ccccn3)NC(=S)N2C2CCCC2)c(C)n1-c1cccc(Cl)c1. The van der Waals surface area contributed by atoms with Gasteiger partial charge in [0, 0.05) is 34.3 Å². The number of hydrogen-bond donors (Lipinski definition) is 1. The maximum atomic E-state index is 6.31. The standard InChI is InChI=1S/C25H27ClN4S/c1-16-14-21(17(2)29(16)20-11-7-8-18(26)15-20)24-23(22-12-5-6-13-27-22)28-25(31)30(24)19-9-3-4-10-19/h5-8,11-15,19,23-24H,3-4,9-10H2,1-2H3,(H,28,31)/t23-,24-/m1/s1. The molecule has 1 saturated carbocycles. The zero-order valence-corrected chi connectivity index (χ0v) is 19.5. The van der Waals surface area contributed by atoms with E-state index >= 15 is 0 Å². The van der Waals surface area contributed by atoms with Gasteiger partial charge in [-0.1, -0.05) is 36.6 Å². The van der Waals surface area contributed by atoms with Crippen LogP contribution in [0.1, 0.15) is 60.4 Å². The maximum Gasteiger partial charge on any atom is 0.170 e. The summed E-state index contributed by atoms with van der Waals surface area (Å²) in [5.41, 5.74) is 5.83. The van der Waals surface area contributed by atoms with Crippen molar-refractivity contribution in [3.05, 3.63) is 82.4 Å². The number of aromatic nitrogens is 2. The predicted molar refractivity (Wildman–Crippen MR) is 130 cm³/mol. The van der Waals surface area contributed by atoms with Crippen LogP contribution in [0, 0.1) is 13.8 Å². The van der Waals surface area contributed by atoms with Crippen LogP contribution in [0.2, 0.25) is 5.02 Å². The van der Waals surface area contributed by atoms with Crippen LogP contribution >= 0.6 is 23.8 Å². The molecule has 4 nitrogen and oxygen atoms in total. The minimum absolute atomic E-state index is 0.0302. The molecule has 1 saturated heterocycles. The van der Waals surface area contributed by atoms with Gasteiger partial charge in [-0.05, 0) is 80.9 Å². The van der Waals surface area contributed by atoms with E-state index in [4.69, 9.17) is 23.8 Å². The summed E-state index contributed by atoms with van der Waals surface area (Å²) in [5.74, 6) is 0. The number of nitrogens with zero attached hydrogens (tertiary/aromatic N) is 3. The molecule has 31 heavy (non-hydrogen) atoms. The highest BCUT2D eigenvalue weighted by Gasteiger charge is 2.44. The Labute approximate surface area is 194 Å². The van der Waals surface area contributed by atoms with Gasteiger partial charge in [0.2, 0.25) is 0 Å². The number of benzene rings is 1. The van der Waals surface area contributed by atoms with Gasteiger partial charge in [-0.2, -0.15) is 0 Å². The number of pyridine rings is 1. The van der Waals surface area contributed by atoms with Crippen LogP contribution in [0.5, 0.6) is 0 Å². The largest absolute Gasteiger partial charge is 0.352 e. The van der Waals surface area contributed by atoms with E-state index in [0.717, 1.165) is 21.5 Å². The van der Waals surface area contributed by atoms with E-state index < -0.39 is 0 Å². The Morgan fingerprint density at radius 1 is 1.06 bits per heavy atom. The Balaban J connectivity index is 1.64. The van der Waals surface area contributed by atoms with Gasteiger partial charge in [-0.25, -0.2) is 0 Å². The summed E-state index contributed by atoms with van der Waals surface area (Å²) in [6.45, 7) is 4.36. The van der Waals surface area contributed by atoms with E-state index in [-0.39, 0.29) is 12.1 Å². The lowest BCUT2D eigenvalue weighted by Gasteiger charge is -2.33. The second-order valence-corrected chi connectivity index (χ2v) is 9.44. The van der Waals surface area contributed by atoms with Crippen LogP contribution in [0.25, 0.3) is 5.69 Å². The lowest BCUT2D eigenvalue weighted by atomic mass is 9.95. The van der Waals surface area contributed by atoms with E-state index in [9.17, 15) is 0 Å². The van der Waals surface area contributed by atoms with Crippen molar-refractivity contribution in [1.29, 1.82) is 0 Å². The first kappa shape index (κ1) is 20.5. The third-order valence-corrected chi connectivity index (χ3v) is 7.27. The van der Waals surface area contributed by atoms with Gasteiger partial charge < -0.3 is 14.8 Å². The monoisotopic (exact) mass is 450 g/mol. The first-order valence-corrected chi connectivity index (χ1v) is 11.8. The van der Waals surface area contributed by atoms with Gasteiger partial charge in [-0.3, -0.25) is 4.98 Å². The summed E-state index contributed by atoms with van der Waals surface area (Å²) in [5, 5.41) is 5.21. The molecule has 1 N–H and O–H groups in total. The first-order chi connectivity index (χ1) is 15.0. The second-order valence-electron chi connectivity index (χ2n) is 8.61. The van der Waals surface area contributed by atoms with Crippen molar-refractivity contribution >= 4 is 28.9 Å². The van der Waals surface area contributed by atoms with Gasteiger partial charge in [0.25, 0.3) is 0 Å². The Kier molecular flexibility index (Phi) is 5.49. The molecule has 3 aromatic rings. The Hall–Kier alpha value is -2.37. The maximum absolute atomic E-state index is 6.31. The van der Waals surface area contributed by atoms with Crippen molar-refractivity contribution in [2.45, 2.75) is 57.7 Å². The topological polar surface area (TPSA) is 33.1 Å². The molecular weight excluding hydrogens is 424 g/mol. The van der Waals surface area contributed by atoms with Gasteiger partial charge >= 0.3 is 0 Å². The average Bonchev–Trinajstić information content (AvgIpc) is 3.46. The Bertz CT molecular complexity index is 1100. The summed E-state index contributed by atoms with van der Waals surface area (Å²) < 4.78 is 2.30. The van der Waals surface area contributed by atoms with Crippen LogP contribution in [0.15, 0.2) is 54.7 Å². The molecule has 0 radical (unpaired) electrons. The van der Waals surface area contributed by atoms with Crippen LogP contribution in [-0.4, -0.2) is 25.6 Å². The molecule has 160 valence electrons. The van der Waals surface area contributed by atoms with Crippen LogP contribution < -0.4 is 5.32 Å². The lowest BCUT2D eigenvalue weighted by molar-refractivity contribution is 0.245. The average molecular weight is 451 g/mol. The van der Waals surface area contributed by atoms with Gasteiger partial charge in [0.15, 0.2) is 5.11 Å². The molecule has 0 bridgehead atoms. The number of aryl methyl sites for hydroxylation is 1. The van der Waals surface area contributed by atoms with Crippen molar-refractivity contribution < 1.29 is 0 Å². The van der Waals surface area contributed by atoms with Gasteiger partial charge in [-0.15, -0.1) is 0 Å². The number of nitrogens with one attached hydrogen (secondary N) is 1. The zero-order valence-electron chi connectivity index (χ0n) is 17.9. The van der Waals surface area contributed by atoms with E-state index in [2.05, 4.69) is 57.9 Å². The van der Waals surface area contributed by atoms with Crippen molar-refractivity contribution in [1.82, 2.24) is 19.8 Å². The second kappa shape index (κ2) is 8.29. The molecular formula is C25H27ClN4S. The van der Waals surface area contributed by atoms with E-state index in [1.54, 1.807) is 0 Å². The number of rotatable bonds is 4. The fraction of sp³-hybridized carbons (Fsp3) is 0.360. The highest BCUT2D eigenvalue weighted by Crippen LogP contribution is 2.44. The summed E-state index contributed by atoms with van der Waals surface area (Å²) in [7, 11) is 0. The first-order valence-electron chi connectivity index (χ1n) is 11.0. The molecule has 2 aromatic heterocycles. The molecule has 0 unspecified atom stereocenters. The number of hydrogen-bond acceptors (Lipinski definition) is 2. The molecule has 2 atom stereocenters. The Morgan fingerprint density at radius 2 is 1.87 bits per heavy atom. The Morgan fingerprint density at radius 3 is 2.58 bits per heavy atom. The molecule has 0 spiro atoms. The minimum atomic E-state index is 0.0302. The van der Waals surface area contributed by atoms with E-state index in [1.165, 1.54) is 42.6 Å². The summed E-state index contributed by atoms with van der Waals surface area (Å²) >= 11 is 12.2. The van der Waals surface area contributed by atoms with E-state index in [0.29, 0.717) is 6.04 Å². The molecule has 0 amide bonds. The third-order valence-electron chi connectivity index (χ3n) is 6.71. The molecule has 1 aliphatic heterocycles. The van der Waals surface area contributed by atoms with Crippen LogP contribution in [-0.2, 0) is 0 Å². The predicted octanol–water partition coefficient (Wildman–Crippen LogP) is 6.06. The minimum Gasteiger partial charge on any atom is -0.352 e. The van der Waals surface area contributed by atoms with Crippen molar-refractivity contribution in [2.75, 3.05) is 0 Å². The number of halogens is 1. The molecule has 2 aliphatic rings. The van der Waals surface area contributed by atoms with Crippen molar-refractivity contribution in [3.8, 4) is 5.69 Å². The summed E-state index contributed by atoms with van der Waals surface area (Å²) in [4.78, 5) is 7.15. The quantitative estimate of drug-likeness (QED) is 0.490. The third kappa shape index (κ3) is 3.64. The number of thiocarbonyl (C=S) groups is 1. The molecule has 5 rings (SSSR count). The van der Waals surface area contributed by atoms with Gasteiger partial charge in [0.1, 0.15) is 0 Å². The highest BCUT2D eigenvalue weighted by atomic mass is 35.5. The van der Waals surface area contributed by atoms with E-state index in [1.807, 2.05) is 30.5 Å². The van der Waals surface area contributed by atoms with Crippen LogP contribution in [0.4, 0.5) is 0 Å². The molecule has 6 heteroatoms. The van der Waals surface area contributed by atoms with Crippen molar-refractivity contribution in [3.63, 3.8) is 0 Å². The smallest absolute Gasteiger partial charge is 0.170 e. The fourth-order valence-corrected chi connectivity index (χ4v) is 5.95. The molecule has 1 aliphatic carbocycles. The van der Waals surface area contributed by atoms with Crippen LogP contribution in [0.3, 0.4) is 0 Å². The fourth-order valence-electron chi connectivity index (χ4n) is 5.37. The van der Waals surface area contributed by atoms with Crippen molar-refractivity contribution in [2.24, 2.45) is 0 Å². The lowest BCUT2D eigenvalue weighted by Crippen LogP contribution is -2.37. The normalized spacial score (nSPS) is 21.6. The summed E-state index contributed by atoms with van der Waals surface area (Å²) in [6.07, 6.45) is 6.80. The zero-order chi connectivity index (χ0) is 21.5. The molecule has 1 aromatic carbocycles. The molecule has 3 heterocycles. The molecule has 2 fully saturated rings. The highest BCUT2D eigenvalue weighted by molar-refractivity contribution is 7.80. The summed E-state index contributed by atoms with van der Waals surface area (Å²) in [6, 6.07) is 17.1.